The van der Waals surface area contributed by atoms with Gasteiger partial charge >= 0.3 is 6.09 Å². The summed E-state index contributed by atoms with van der Waals surface area (Å²) in [7, 11) is 6.38. The Hall–Kier alpha value is -3.66. The van der Waals surface area contributed by atoms with Crippen LogP contribution in [0, 0.1) is 0 Å². The van der Waals surface area contributed by atoms with E-state index in [2.05, 4.69) is 26.2 Å². The first-order chi connectivity index (χ1) is 17.6. The smallest absolute Gasteiger partial charge is 0.421 e. The third-order valence-corrected chi connectivity index (χ3v) is 6.19. The van der Waals surface area contributed by atoms with Crippen molar-refractivity contribution in [1.29, 1.82) is 0 Å². The summed E-state index contributed by atoms with van der Waals surface area (Å²) in [5.41, 5.74) is 1.34. The van der Waals surface area contributed by atoms with E-state index in [-0.39, 0.29) is 6.54 Å². The Morgan fingerprint density at radius 3 is 2.16 bits per heavy atom. The number of rotatable bonds is 7. The normalized spacial score (nSPS) is 11.5. The van der Waals surface area contributed by atoms with Crippen molar-refractivity contribution in [2.45, 2.75) is 32.9 Å². The number of anilines is 1. The second-order valence-corrected chi connectivity index (χ2v) is 10.1. The Balaban J connectivity index is 1.84. The highest BCUT2D eigenvalue weighted by atomic mass is 79.9. The molecule has 196 valence electrons. The highest BCUT2D eigenvalue weighted by Crippen LogP contribution is 2.46. The average molecular weight is 572 g/mol. The van der Waals surface area contributed by atoms with Crippen LogP contribution in [0.1, 0.15) is 26.3 Å². The van der Waals surface area contributed by atoms with Gasteiger partial charge in [-0.05, 0) is 57.2 Å². The van der Waals surface area contributed by atoms with Crippen molar-refractivity contribution >= 4 is 49.8 Å². The zero-order valence-electron chi connectivity index (χ0n) is 21.9. The third-order valence-electron chi connectivity index (χ3n) is 5.69. The second-order valence-electron chi connectivity index (χ2n) is 9.23. The molecule has 0 aliphatic rings. The maximum Gasteiger partial charge on any atom is 0.421 e. The zero-order valence-corrected chi connectivity index (χ0v) is 23.5. The fourth-order valence-corrected chi connectivity index (χ4v) is 4.54. The standard InChI is InChI=1S/C27H30BrN3O6/c1-27(2,3)37-26(32)31-18-13-16(28)8-9-17(18)30-25(31)29-14-15-12-21(35-6)22-19(33-4)10-11-20(34-5)23(22)24(15)36-7/h8-13H,14H2,1-7H3,(H,29,30). The number of halogens is 1. The van der Waals surface area contributed by atoms with Gasteiger partial charge in [-0.3, -0.25) is 0 Å². The van der Waals surface area contributed by atoms with Gasteiger partial charge in [0.05, 0.1) is 50.2 Å². The van der Waals surface area contributed by atoms with Crippen molar-refractivity contribution in [2.24, 2.45) is 0 Å². The number of aromatic nitrogens is 2. The predicted octanol–water partition coefficient (Wildman–Crippen LogP) is 6.38. The first-order valence-corrected chi connectivity index (χ1v) is 12.3. The van der Waals surface area contributed by atoms with E-state index in [0.29, 0.717) is 45.4 Å². The topological polar surface area (TPSA) is 93.1 Å². The average Bonchev–Trinajstić information content (AvgIpc) is 3.22. The fraction of sp³-hybridized carbons (Fsp3) is 0.333. The molecule has 0 amide bonds. The molecule has 0 fully saturated rings. The molecule has 4 aromatic rings. The molecule has 0 aliphatic heterocycles. The Bertz CT molecular complexity index is 1480. The highest BCUT2D eigenvalue weighted by Gasteiger charge is 2.25. The number of methoxy groups -OCH3 is 4. The first kappa shape index (κ1) is 26.4. The number of nitrogens with one attached hydrogen (secondary N) is 1. The number of carbonyl (C=O) groups excluding carboxylic acids is 1. The van der Waals surface area contributed by atoms with Crippen molar-refractivity contribution in [2.75, 3.05) is 33.8 Å². The van der Waals surface area contributed by atoms with Gasteiger partial charge in [-0.25, -0.2) is 14.3 Å². The fourth-order valence-electron chi connectivity index (χ4n) is 4.19. The van der Waals surface area contributed by atoms with Crippen LogP contribution in [0.15, 0.2) is 40.9 Å². The SMILES string of the molecule is COc1ccc(OC)c2c(OC)c(CNc3nc4ccc(Br)cc4n3C(=O)OC(C)(C)C)cc(OC)c12. The summed E-state index contributed by atoms with van der Waals surface area (Å²) in [6.45, 7) is 5.73. The lowest BCUT2D eigenvalue weighted by Gasteiger charge is -2.21. The minimum atomic E-state index is -0.679. The van der Waals surface area contributed by atoms with Crippen LogP contribution < -0.4 is 24.3 Å². The van der Waals surface area contributed by atoms with Crippen LogP contribution >= 0.6 is 15.9 Å². The molecule has 0 spiro atoms. The van der Waals surface area contributed by atoms with Crippen LogP contribution in [0.2, 0.25) is 0 Å². The maximum absolute atomic E-state index is 13.2. The first-order valence-electron chi connectivity index (χ1n) is 11.6. The molecule has 0 bridgehead atoms. The van der Waals surface area contributed by atoms with E-state index >= 15 is 0 Å². The summed E-state index contributed by atoms with van der Waals surface area (Å²) in [4.78, 5) is 17.9. The molecule has 1 heterocycles. The molecule has 1 N–H and O–H groups in total. The number of fused-ring (bicyclic) bond motifs is 2. The van der Waals surface area contributed by atoms with Crippen LogP contribution in [0.4, 0.5) is 10.7 Å². The maximum atomic E-state index is 13.2. The lowest BCUT2D eigenvalue weighted by molar-refractivity contribution is 0.0547. The molecule has 37 heavy (non-hydrogen) atoms. The van der Waals surface area contributed by atoms with Gasteiger partial charge in [-0.1, -0.05) is 15.9 Å². The molecule has 0 aliphatic carbocycles. The predicted molar refractivity (Wildman–Crippen MR) is 147 cm³/mol. The van der Waals surface area contributed by atoms with E-state index in [1.54, 1.807) is 28.4 Å². The lowest BCUT2D eigenvalue weighted by atomic mass is 10.0. The van der Waals surface area contributed by atoms with Gasteiger partial charge in [0.25, 0.3) is 0 Å². The Labute approximate surface area is 223 Å². The van der Waals surface area contributed by atoms with E-state index in [1.165, 1.54) is 4.57 Å². The van der Waals surface area contributed by atoms with Gasteiger partial charge in [-0.15, -0.1) is 0 Å². The molecule has 0 atom stereocenters. The van der Waals surface area contributed by atoms with Gasteiger partial charge in [-0.2, -0.15) is 0 Å². The van der Waals surface area contributed by atoms with Gasteiger partial charge in [0.15, 0.2) is 0 Å². The van der Waals surface area contributed by atoms with Gasteiger partial charge in [0.1, 0.15) is 28.6 Å². The van der Waals surface area contributed by atoms with Crippen LogP contribution in [0.5, 0.6) is 23.0 Å². The summed E-state index contributed by atoms with van der Waals surface area (Å²) in [6.07, 6.45) is -0.537. The largest absolute Gasteiger partial charge is 0.496 e. The number of benzene rings is 3. The van der Waals surface area contributed by atoms with Crippen molar-refractivity contribution in [1.82, 2.24) is 9.55 Å². The summed E-state index contributed by atoms with van der Waals surface area (Å²) in [6, 6.07) is 11.0. The Morgan fingerprint density at radius 1 is 0.919 bits per heavy atom. The molecule has 0 radical (unpaired) electrons. The third kappa shape index (κ3) is 5.11. The minimum Gasteiger partial charge on any atom is -0.496 e. The minimum absolute atomic E-state index is 0.267. The number of carbonyl (C=O) groups is 1. The summed E-state index contributed by atoms with van der Waals surface area (Å²) in [5.74, 6) is 2.75. The number of ether oxygens (including phenoxy) is 5. The molecule has 0 saturated carbocycles. The highest BCUT2D eigenvalue weighted by molar-refractivity contribution is 9.10. The molecule has 0 saturated heterocycles. The summed E-state index contributed by atoms with van der Waals surface area (Å²) < 4.78 is 30.7. The van der Waals surface area contributed by atoms with E-state index in [0.717, 1.165) is 15.4 Å². The van der Waals surface area contributed by atoms with E-state index in [1.807, 2.05) is 57.2 Å². The molecular weight excluding hydrogens is 542 g/mol. The molecule has 3 aromatic carbocycles. The van der Waals surface area contributed by atoms with Crippen LogP contribution in [-0.2, 0) is 11.3 Å². The van der Waals surface area contributed by atoms with Crippen molar-refractivity contribution in [3.05, 3.63) is 46.4 Å². The van der Waals surface area contributed by atoms with Crippen LogP contribution in [-0.4, -0.2) is 49.7 Å². The Morgan fingerprint density at radius 2 is 1.57 bits per heavy atom. The monoisotopic (exact) mass is 571 g/mol. The van der Waals surface area contributed by atoms with Crippen LogP contribution in [0.25, 0.3) is 21.8 Å². The van der Waals surface area contributed by atoms with Crippen molar-refractivity contribution in [3.8, 4) is 23.0 Å². The van der Waals surface area contributed by atoms with Gasteiger partial charge < -0.3 is 29.0 Å². The van der Waals surface area contributed by atoms with Gasteiger partial charge in [0.2, 0.25) is 5.95 Å². The van der Waals surface area contributed by atoms with Gasteiger partial charge in [0, 0.05) is 16.6 Å². The Kier molecular flexibility index (Phi) is 7.40. The summed E-state index contributed by atoms with van der Waals surface area (Å²) >= 11 is 3.48. The molecular formula is C27H30BrN3O6. The molecule has 4 rings (SSSR count). The van der Waals surface area contributed by atoms with Crippen molar-refractivity contribution in [3.63, 3.8) is 0 Å². The molecule has 0 unspecified atom stereocenters. The molecule has 9 nitrogen and oxygen atoms in total. The number of nitrogens with zero attached hydrogens (tertiary/aromatic N) is 2. The molecule has 1 aromatic heterocycles. The quantitative estimate of drug-likeness (QED) is 0.273. The van der Waals surface area contributed by atoms with E-state index < -0.39 is 11.7 Å². The van der Waals surface area contributed by atoms with Crippen molar-refractivity contribution < 1.29 is 28.5 Å². The lowest BCUT2D eigenvalue weighted by Crippen LogP contribution is -2.28. The van der Waals surface area contributed by atoms with Crippen LogP contribution in [0.3, 0.4) is 0 Å². The number of imidazole rings is 1. The molecule has 10 heteroatoms. The van der Waals surface area contributed by atoms with E-state index in [9.17, 15) is 4.79 Å². The van der Waals surface area contributed by atoms with E-state index in [4.69, 9.17) is 23.7 Å². The summed E-state index contributed by atoms with van der Waals surface area (Å²) in [5, 5.41) is 4.74. The zero-order chi connectivity index (χ0) is 26.9. The second kappa shape index (κ2) is 10.4. The number of hydrogen-bond acceptors (Lipinski definition) is 8. The number of hydrogen-bond donors (Lipinski definition) is 1.